The molecule has 2 rings (SSSR count). The maximum Gasteiger partial charge on any atom is 0.244 e. The number of nitrogens with two attached hydrogens (primary N) is 1. The van der Waals surface area contributed by atoms with Crippen LogP contribution in [0.25, 0.3) is 0 Å². The summed E-state index contributed by atoms with van der Waals surface area (Å²) in [7, 11) is -1.75. The lowest BCUT2D eigenvalue weighted by Gasteiger charge is -2.38. The number of nitrogens with zero attached hydrogens (tertiary/aromatic N) is 3. The molecule has 7 heteroatoms. The zero-order valence-electron chi connectivity index (χ0n) is 11.4. The fraction of sp³-hybridized carbons (Fsp3) is 0.462. The van der Waals surface area contributed by atoms with Crippen molar-refractivity contribution in [3.05, 3.63) is 29.8 Å². The van der Waals surface area contributed by atoms with E-state index in [4.69, 9.17) is 11.0 Å². The minimum Gasteiger partial charge on any atom is -0.329 e. The SMILES string of the molecule is CN1CCN(S(=O)(=O)c2ccccc2C#N)C(CN)C1. The lowest BCUT2D eigenvalue weighted by molar-refractivity contribution is 0.164. The predicted octanol–water partition coefficient (Wildman–Crippen LogP) is -0.178. The number of benzene rings is 1. The van der Waals surface area contributed by atoms with Crippen LogP contribution in [-0.2, 0) is 10.0 Å². The Kier molecular flexibility index (Phi) is 4.40. The highest BCUT2D eigenvalue weighted by molar-refractivity contribution is 7.89. The molecular weight excluding hydrogens is 276 g/mol. The van der Waals surface area contributed by atoms with E-state index in [9.17, 15) is 8.42 Å². The zero-order chi connectivity index (χ0) is 14.8. The van der Waals surface area contributed by atoms with Gasteiger partial charge in [0.2, 0.25) is 10.0 Å². The standard InChI is InChI=1S/C13H18N4O2S/c1-16-6-7-17(12(9-15)10-16)20(18,19)13-5-3-2-4-11(13)8-14/h2-5,12H,6-7,9-10,15H2,1H3. The second-order valence-corrected chi connectivity index (χ2v) is 6.73. The number of likely N-dealkylation sites (N-methyl/N-ethyl adjacent to an activating group) is 1. The van der Waals surface area contributed by atoms with Gasteiger partial charge in [0.1, 0.15) is 6.07 Å². The highest BCUT2D eigenvalue weighted by Gasteiger charge is 2.35. The summed E-state index contributed by atoms with van der Waals surface area (Å²) in [6.07, 6.45) is 0. The van der Waals surface area contributed by atoms with Gasteiger partial charge in [-0.2, -0.15) is 9.57 Å². The van der Waals surface area contributed by atoms with Crippen molar-refractivity contribution in [1.82, 2.24) is 9.21 Å². The van der Waals surface area contributed by atoms with Gasteiger partial charge in [-0.05, 0) is 19.2 Å². The summed E-state index contributed by atoms with van der Waals surface area (Å²) in [5, 5.41) is 9.08. The molecule has 1 saturated heterocycles. The van der Waals surface area contributed by atoms with E-state index in [1.54, 1.807) is 12.1 Å². The van der Waals surface area contributed by atoms with Gasteiger partial charge in [-0.3, -0.25) is 0 Å². The van der Waals surface area contributed by atoms with E-state index in [0.717, 1.165) is 0 Å². The first-order valence-corrected chi connectivity index (χ1v) is 7.84. The molecule has 1 aliphatic rings. The Labute approximate surface area is 119 Å². The maximum absolute atomic E-state index is 12.7. The average molecular weight is 294 g/mol. The van der Waals surface area contributed by atoms with Gasteiger partial charge in [0.15, 0.2) is 0 Å². The van der Waals surface area contributed by atoms with Crippen LogP contribution in [0.3, 0.4) is 0 Å². The van der Waals surface area contributed by atoms with Crippen LogP contribution in [0.1, 0.15) is 5.56 Å². The van der Waals surface area contributed by atoms with Crippen LogP contribution in [0.2, 0.25) is 0 Å². The number of hydrogen-bond donors (Lipinski definition) is 1. The fourth-order valence-electron chi connectivity index (χ4n) is 2.41. The molecule has 1 unspecified atom stereocenters. The average Bonchev–Trinajstić information content (AvgIpc) is 2.46. The summed E-state index contributed by atoms with van der Waals surface area (Å²) < 4.78 is 26.9. The molecule has 0 bridgehead atoms. The summed E-state index contributed by atoms with van der Waals surface area (Å²) in [5.74, 6) is 0. The second kappa shape index (κ2) is 5.89. The van der Waals surface area contributed by atoms with Gasteiger partial charge in [0, 0.05) is 26.2 Å². The number of piperazine rings is 1. The monoisotopic (exact) mass is 294 g/mol. The van der Waals surface area contributed by atoms with Crippen molar-refractivity contribution in [2.75, 3.05) is 33.2 Å². The Morgan fingerprint density at radius 1 is 1.40 bits per heavy atom. The minimum atomic E-state index is -3.69. The Balaban J connectivity index is 2.42. The smallest absolute Gasteiger partial charge is 0.244 e. The third-order valence-electron chi connectivity index (χ3n) is 3.50. The summed E-state index contributed by atoms with van der Waals surface area (Å²) in [4.78, 5) is 2.12. The minimum absolute atomic E-state index is 0.0607. The molecule has 1 heterocycles. The Morgan fingerprint density at radius 3 is 2.75 bits per heavy atom. The van der Waals surface area contributed by atoms with Crippen LogP contribution in [0, 0.1) is 11.3 Å². The molecule has 1 fully saturated rings. The zero-order valence-corrected chi connectivity index (χ0v) is 12.2. The first kappa shape index (κ1) is 14.9. The molecular formula is C13H18N4O2S. The molecule has 0 aromatic heterocycles. The molecule has 1 atom stereocenters. The summed E-state index contributed by atoms with van der Waals surface area (Å²) in [5.41, 5.74) is 5.87. The Hall–Kier alpha value is -1.46. The van der Waals surface area contributed by atoms with Crippen LogP contribution in [0.15, 0.2) is 29.2 Å². The summed E-state index contributed by atoms with van der Waals surface area (Å²) in [6.45, 7) is 1.91. The molecule has 2 N–H and O–H groups in total. The van der Waals surface area contributed by atoms with E-state index in [0.29, 0.717) is 19.6 Å². The van der Waals surface area contributed by atoms with E-state index in [-0.39, 0.29) is 23.0 Å². The molecule has 0 spiro atoms. The normalized spacial score (nSPS) is 21.6. The summed E-state index contributed by atoms with van der Waals surface area (Å²) in [6, 6.07) is 7.94. The van der Waals surface area contributed by atoms with Gasteiger partial charge in [0.25, 0.3) is 0 Å². The van der Waals surface area contributed by atoms with Crippen molar-refractivity contribution in [3.63, 3.8) is 0 Å². The molecule has 1 aliphatic heterocycles. The van der Waals surface area contributed by atoms with Crippen molar-refractivity contribution in [2.24, 2.45) is 5.73 Å². The van der Waals surface area contributed by atoms with Gasteiger partial charge < -0.3 is 10.6 Å². The molecule has 1 aromatic carbocycles. The van der Waals surface area contributed by atoms with Crippen LogP contribution in [0.4, 0.5) is 0 Å². The summed E-state index contributed by atoms with van der Waals surface area (Å²) >= 11 is 0. The number of rotatable bonds is 3. The van der Waals surface area contributed by atoms with E-state index < -0.39 is 10.0 Å². The number of nitriles is 1. The van der Waals surface area contributed by atoms with E-state index in [1.165, 1.54) is 16.4 Å². The molecule has 6 nitrogen and oxygen atoms in total. The van der Waals surface area contributed by atoms with Gasteiger partial charge >= 0.3 is 0 Å². The van der Waals surface area contributed by atoms with E-state index in [1.807, 2.05) is 13.1 Å². The number of sulfonamides is 1. The molecule has 0 aliphatic carbocycles. The molecule has 0 amide bonds. The van der Waals surface area contributed by atoms with Gasteiger partial charge in [-0.1, -0.05) is 12.1 Å². The Bertz CT molecular complexity index is 624. The predicted molar refractivity (Wildman–Crippen MR) is 75.4 cm³/mol. The van der Waals surface area contributed by atoms with Crippen LogP contribution in [-0.4, -0.2) is 56.9 Å². The van der Waals surface area contributed by atoms with Crippen molar-refractivity contribution in [1.29, 1.82) is 5.26 Å². The van der Waals surface area contributed by atoms with Crippen molar-refractivity contribution in [2.45, 2.75) is 10.9 Å². The topological polar surface area (TPSA) is 90.4 Å². The highest BCUT2D eigenvalue weighted by atomic mass is 32.2. The fourth-order valence-corrected chi connectivity index (χ4v) is 4.17. The quantitative estimate of drug-likeness (QED) is 0.835. The van der Waals surface area contributed by atoms with Crippen molar-refractivity contribution >= 4 is 10.0 Å². The lowest BCUT2D eigenvalue weighted by atomic mass is 10.2. The van der Waals surface area contributed by atoms with E-state index >= 15 is 0 Å². The first-order chi connectivity index (χ1) is 9.50. The molecule has 108 valence electrons. The van der Waals surface area contributed by atoms with E-state index in [2.05, 4.69) is 4.90 Å². The second-order valence-electron chi connectivity index (χ2n) is 4.88. The van der Waals surface area contributed by atoms with Crippen LogP contribution < -0.4 is 5.73 Å². The van der Waals surface area contributed by atoms with Gasteiger partial charge in [-0.15, -0.1) is 0 Å². The third-order valence-corrected chi connectivity index (χ3v) is 5.51. The van der Waals surface area contributed by atoms with Crippen molar-refractivity contribution in [3.8, 4) is 6.07 Å². The Morgan fingerprint density at radius 2 is 2.10 bits per heavy atom. The van der Waals surface area contributed by atoms with Crippen LogP contribution in [0.5, 0.6) is 0 Å². The maximum atomic E-state index is 12.7. The number of hydrogen-bond acceptors (Lipinski definition) is 5. The van der Waals surface area contributed by atoms with Gasteiger partial charge in [0.05, 0.1) is 16.5 Å². The van der Waals surface area contributed by atoms with Gasteiger partial charge in [-0.25, -0.2) is 8.42 Å². The first-order valence-electron chi connectivity index (χ1n) is 6.40. The molecule has 20 heavy (non-hydrogen) atoms. The van der Waals surface area contributed by atoms with Crippen molar-refractivity contribution < 1.29 is 8.42 Å². The molecule has 0 saturated carbocycles. The molecule has 1 aromatic rings. The highest BCUT2D eigenvalue weighted by Crippen LogP contribution is 2.23. The third kappa shape index (κ3) is 2.69. The van der Waals surface area contributed by atoms with Crippen LogP contribution >= 0.6 is 0 Å². The molecule has 0 radical (unpaired) electrons. The largest absolute Gasteiger partial charge is 0.329 e. The lowest BCUT2D eigenvalue weighted by Crippen LogP contribution is -2.56.